The summed E-state index contributed by atoms with van der Waals surface area (Å²) in [7, 11) is -4.34. The van der Waals surface area contributed by atoms with Gasteiger partial charge in [-0.15, -0.1) is 7.02 Å². The van der Waals surface area contributed by atoms with Crippen molar-refractivity contribution in [3.05, 3.63) is 0 Å². The van der Waals surface area contributed by atoms with Gasteiger partial charge in [-0.05, 0) is 33.4 Å². The summed E-state index contributed by atoms with van der Waals surface area (Å²) in [6.45, 7) is 23.5. The summed E-state index contributed by atoms with van der Waals surface area (Å²) in [6.07, 6.45) is 2.58. The standard InChI is InChI=1S/C15H39O3PSi3/c1-10-16-22(17-11-2,18-12-3)15-13-14-19(20(4,5)6)21(7,8)9/h10-15H2,1-9H3. The lowest BCUT2D eigenvalue weighted by Gasteiger charge is -2.40. The largest absolute Gasteiger partial charge is 0.500 e. The molecule has 22 heavy (non-hydrogen) atoms. The number of rotatable bonds is 12. The van der Waals surface area contributed by atoms with Crippen molar-refractivity contribution in [1.82, 2.24) is 0 Å². The normalized spacial score (nSPS) is 13.9. The van der Waals surface area contributed by atoms with Crippen molar-refractivity contribution < 1.29 is 13.3 Å². The predicted molar refractivity (Wildman–Crippen MR) is 109 cm³/mol. The minimum Gasteiger partial charge on any atom is -0.374 e. The van der Waals surface area contributed by atoms with E-state index in [4.69, 9.17) is 13.3 Å². The molecule has 0 bridgehead atoms. The van der Waals surface area contributed by atoms with Gasteiger partial charge in [0.2, 0.25) is 0 Å². The molecular formula is C15H39O3PSi3. The van der Waals surface area contributed by atoms with E-state index < -0.39 is 24.3 Å². The van der Waals surface area contributed by atoms with Crippen molar-refractivity contribution in [1.29, 1.82) is 0 Å². The Hall–Kier alpha value is 0.961. The molecule has 0 aliphatic carbocycles. The molecule has 134 valence electrons. The fourth-order valence-electron chi connectivity index (χ4n) is 3.13. The molecule has 0 aliphatic rings. The summed E-state index contributed by atoms with van der Waals surface area (Å²) >= 11 is 0. The van der Waals surface area contributed by atoms with Gasteiger partial charge in [0.25, 0.3) is 0 Å². The molecule has 0 N–H and O–H groups in total. The first kappa shape index (κ1) is 23.0. The van der Waals surface area contributed by atoms with Gasteiger partial charge in [-0.1, -0.05) is 39.3 Å². The second-order valence-corrected chi connectivity index (χ2v) is 32.9. The molecule has 0 fully saturated rings. The monoisotopic (exact) mass is 382 g/mol. The maximum Gasteiger partial charge on any atom is 0.500 e. The van der Waals surface area contributed by atoms with Gasteiger partial charge >= 0.3 is 8.80 Å². The lowest BCUT2D eigenvalue weighted by molar-refractivity contribution is 0.0712. The van der Waals surface area contributed by atoms with Crippen LogP contribution in [0.15, 0.2) is 0 Å². The summed E-state index contributed by atoms with van der Waals surface area (Å²) in [6, 6.07) is 0.982. The SMILES string of the molecule is CCO[Si](CCCP([Si](C)(C)C)[Si](C)(C)C)(OCC)OCC. The Morgan fingerprint density at radius 3 is 1.32 bits per heavy atom. The maximum atomic E-state index is 5.99. The average molecular weight is 383 g/mol. The zero-order chi connectivity index (χ0) is 17.4. The summed E-state index contributed by atoms with van der Waals surface area (Å²) in [5.41, 5.74) is 0. The van der Waals surface area contributed by atoms with Crippen LogP contribution in [0.4, 0.5) is 0 Å². The first-order valence-corrected chi connectivity index (χ1v) is 20.9. The van der Waals surface area contributed by atoms with Crippen LogP contribution in [0.1, 0.15) is 27.2 Å². The molecule has 0 aliphatic heterocycles. The van der Waals surface area contributed by atoms with Crippen molar-refractivity contribution >= 4 is 31.3 Å². The molecule has 0 aromatic carbocycles. The molecular weight excluding hydrogens is 343 g/mol. The first-order valence-electron chi connectivity index (χ1n) is 8.72. The van der Waals surface area contributed by atoms with Gasteiger partial charge in [-0.3, -0.25) is 0 Å². The van der Waals surface area contributed by atoms with Crippen molar-refractivity contribution in [3.8, 4) is 0 Å². The van der Waals surface area contributed by atoms with Gasteiger partial charge in [0.1, 0.15) is 0 Å². The second-order valence-electron chi connectivity index (χ2n) is 7.58. The second kappa shape index (κ2) is 10.1. The molecule has 0 rings (SSSR count). The quantitative estimate of drug-likeness (QED) is 0.326. The lowest BCUT2D eigenvalue weighted by atomic mass is 10.6. The summed E-state index contributed by atoms with van der Waals surface area (Å²) < 4.78 is 18.0. The molecule has 0 spiro atoms. The highest BCUT2D eigenvalue weighted by Crippen LogP contribution is 2.55. The van der Waals surface area contributed by atoms with Gasteiger partial charge < -0.3 is 13.3 Å². The Morgan fingerprint density at radius 2 is 1.05 bits per heavy atom. The van der Waals surface area contributed by atoms with Crippen LogP contribution in [0.2, 0.25) is 45.3 Å². The van der Waals surface area contributed by atoms with E-state index in [0.717, 1.165) is 6.04 Å². The van der Waals surface area contributed by atoms with Crippen LogP contribution >= 0.6 is 7.02 Å². The molecule has 0 atom stereocenters. The van der Waals surface area contributed by atoms with Crippen molar-refractivity contribution in [2.45, 2.75) is 72.5 Å². The molecule has 0 saturated heterocycles. The summed E-state index contributed by atoms with van der Waals surface area (Å²) in [4.78, 5) is 0. The highest BCUT2D eigenvalue weighted by molar-refractivity contribution is 8.18. The van der Waals surface area contributed by atoms with Crippen LogP contribution in [-0.2, 0) is 13.3 Å². The Kier molecular flexibility index (Phi) is 10.5. The molecule has 7 heteroatoms. The highest BCUT2D eigenvalue weighted by Gasteiger charge is 2.41. The molecule has 0 amide bonds. The smallest absolute Gasteiger partial charge is 0.374 e. The van der Waals surface area contributed by atoms with Gasteiger partial charge in [-0.25, -0.2) is 0 Å². The minimum absolute atomic E-state index is 0.210. The Balaban J connectivity index is 4.83. The van der Waals surface area contributed by atoms with E-state index in [1.54, 1.807) is 0 Å². The van der Waals surface area contributed by atoms with E-state index in [0.29, 0.717) is 19.8 Å². The van der Waals surface area contributed by atoms with E-state index in [9.17, 15) is 0 Å². The first-order chi connectivity index (χ1) is 10.0. The average Bonchev–Trinajstić information content (AvgIpc) is 2.32. The van der Waals surface area contributed by atoms with Crippen LogP contribution in [0, 0.1) is 0 Å². The summed E-state index contributed by atoms with van der Waals surface area (Å²) in [5, 5.41) is 0. The Bertz CT molecular complexity index is 272. The van der Waals surface area contributed by atoms with Gasteiger partial charge in [0, 0.05) is 25.9 Å². The van der Waals surface area contributed by atoms with Crippen LogP contribution in [0.25, 0.3) is 0 Å². The predicted octanol–water partition coefficient (Wildman–Crippen LogP) is 5.58. The van der Waals surface area contributed by atoms with Crippen LogP contribution in [0.5, 0.6) is 0 Å². The lowest BCUT2D eigenvalue weighted by Crippen LogP contribution is -2.46. The zero-order valence-corrected chi connectivity index (χ0v) is 20.3. The van der Waals surface area contributed by atoms with Gasteiger partial charge in [0.15, 0.2) is 0 Å². The van der Waals surface area contributed by atoms with E-state index in [2.05, 4.69) is 39.3 Å². The third kappa shape index (κ3) is 8.18. The van der Waals surface area contributed by atoms with Crippen LogP contribution in [-0.4, -0.2) is 50.3 Å². The van der Waals surface area contributed by atoms with Crippen molar-refractivity contribution in [2.24, 2.45) is 0 Å². The molecule has 0 aromatic rings. The Morgan fingerprint density at radius 1 is 0.682 bits per heavy atom. The fourth-order valence-corrected chi connectivity index (χ4v) is 39.0. The molecule has 0 heterocycles. The Labute approximate surface area is 143 Å². The minimum atomic E-state index is -2.44. The topological polar surface area (TPSA) is 27.7 Å². The highest BCUT2D eigenvalue weighted by atomic mass is 31.6. The number of hydrogen-bond acceptors (Lipinski definition) is 3. The van der Waals surface area contributed by atoms with Crippen molar-refractivity contribution in [2.75, 3.05) is 26.0 Å². The van der Waals surface area contributed by atoms with Gasteiger partial charge in [0.05, 0.1) is 15.5 Å². The maximum absolute atomic E-state index is 5.99. The summed E-state index contributed by atoms with van der Waals surface area (Å²) in [5.74, 6) is 0. The number of hydrogen-bond donors (Lipinski definition) is 0. The molecule has 0 saturated carbocycles. The molecule has 0 unspecified atom stereocenters. The molecule has 3 nitrogen and oxygen atoms in total. The van der Waals surface area contributed by atoms with E-state index >= 15 is 0 Å². The van der Waals surface area contributed by atoms with Crippen molar-refractivity contribution in [3.63, 3.8) is 0 Å². The van der Waals surface area contributed by atoms with E-state index in [1.807, 2.05) is 20.8 Å². The van der Waals surface area contributed by atoms with E-state index in [-0.39, 0.29) is 7.02 Å². The van der Waals surface area contributed by atoms with Crippen LogP contribution < -0.4 is 0 Å². The van der Waals surface area contributed by atoms with E-state index in [1.165, 1.54) is 12.6 Å². The third-order valence-corrected chi connectivity index (χ3v) is 33.9. The van der Waals surface area contributed by atoms with Crippen LogP contribution in [0.3, 0.4) is 0 Å². The third-order valence-electron chi connectivity index (χ3n) is 3.58. The van der Waals surface area contributed by atoms with Gasteiger partial charge in [-0.2, -0.15) is 0 Å². The fraction of sp³-hybridized carbons (Fsp3) is 1.00. The molecule has 0 radical (unpaired) electrons. The zero-order valence-electron chi connectivity index (χ0n) is 16.4. The molecule has 0 aromatic heterocycles.